The third-order valence-corrected chi connectivity index (χ3v) is 4.72. The molecular weight excluding hydrogens is 417 g/mol. The van der Waals surface area contributed by atoms with Crippen LogP contribution >= 0.6 is 35.3 Å². The molecule has 0 bridgehead atoms. The van der Waals surface area contributed by atoms with Crippen molar-refractivity contribution in [2.75, 3.05) is 7.05 Å². The summed E-state index contributed by atoms with van der Waals surface area (Å²) in [6.45, 7) is 5.17. The number of hydrogen-bond donors (Lipinski definition) is 2. The van der Waals surface area contributed by atoms with Gasteiger partial charge in [-0.15, -0.1) is 35.3 Å². The van der Waals surface area contributed by atoms with Gasteiger partial charge in [0, 0.05) is 18.0 Å². The van der Waals surface area contributed by atoms with Crippen LogP contribution in [0, 0.1) is 6.92 Å². The minimum absolute atomic E-state index is 0. The number of nitrogens with zero attached hydrogens (tertiary/aromatic N) is 1. The molecule has 0 fully saturated rings. The molecule has 126 valence electrons. The third-order valence-electron chi connectivity index (χ3n) is 3.70. The summed E-state index contributed by atoms with van der Waals surface area (Å²) in [7, 11) is 1.82. The quantitative estimate of drug-likeness (QED) is 0.396. The number of nitrogens with one attached hydrogen (secondary N) is 2. The smallest absolute Gasteiger partial charge is 0.191 e. The molecule has 0 saturated heterocycles. The van der Waals surface area contributed by atoms with E-state index in [2.05, 4.69) is 71.3 Å². The Bertz CT molecular complexity index is 595. The first-order valence-corrected chi connectivity index (χ1v) is 8.61. The molecule has 1 heterocycles. The van der Waals surface area contributed by atoms with Crippen molar-refractivity contribution in [1.29, 1.82) is 0 Å². The van der Waals surface area contributed by atoms with E-state index in [1.807, 2.05) is 7.05 Å². The monoisotopic (exact) mass is 443 g/mol. The van der Waals surface area contributed by atoms with Crippen molar-refractivity contribution in [2.45, 2.75) is 39.3 Å². The van der Waals surface area contributed by atoms with E-state index >= 15 is 0 Å². The Hall–Kier alpha value is -1.08. The molecule has 1 aromatic carbocycles. The number of aliphatic imine (C=N–C) groups is 1. The molecule has 0 aliphatic carbocycles. The van der Waals surface area contributed by atoms with E-state index in [0.717, 1.165) is 25.3 Å². The lowest BCUT2D eigenvalue weighted by Gasteiger charge is -2.18. The maximum absolute atomic E-state index is 4.31. The Balaban J connectivity index is 0.00000264. The summed E-state index contributed by atoms with van der Waals surface area (Å²) in [5.41, 5.74) is 2.72. The lowest BCUT2D eigenvalue weighted by molar-refractivity contribution is 0.593. The van der Waals surface area contributed by atoms with Crippen LogP contribution in [0.1, 0.15) is 29.3 Å². The molecule has 1 aromatic heterocycles. The molecule has 0 aliphatic rings. The van der Waals surface area contributed by atoms with Gasteiger partial charge in [0.1, 0.15) is 0 Å². The first kappa shape index (κ1) is 20.0. The number of guanidine groups is 1. The number of benzene rings is 1. The van der Waals surface area contributed by atoms with Gasteiger partial charge in [-0.2, -0.15) is 0 Å². The second-order valence-electron chi connectivity index (χ2n) is 5.52. The van der Waals surface area contributed by atoms with Gasteiger partial charge in [0.05, 0.1) is 6.54 Å². The van der Waals surface area contributed by atoms with E-state index in [-0.39, 0.29) is 24.0 Å². The lowest BCUT2D eigenvalue weighted by atomic mass is 10.1. The fraction of sp³-hybridized carbons (Fsp3) is 0.389. The fourth-order valence-corrected chi connectivity index (χ4v) is 3.12. The molecular formula is C18H26IN3S. The van der Waals surface area contributed by atoms with Crippen LogP contribution in [0.3, 0.4) is 0 Å². The largest absolute Gasteiger partial charge is 0.354 e. The van der Waals surface area contributed by atoms with E-state index in [0.29, 0.717) is 6.04 Å². The van der Waals surface area contributed by atoms with Crippen LogP contribution in [0.25, 0.3) is 0 Å². The zero-order valence-corrected chi connectivity index (χ0v) is 17.2. The van der Waals surface area contributed by atoms with Crippen molar-refractivity contribution in [2.24, 2.45) is 4.99 Å². The van der Waals surface area contributed by atoms with Crippen molar-refractivity contribution in [3.05, 3.63) is 57.8 Å². The van der Waals surface area contributed by atoms with Crippen LogP contribution < -0.4 is 10.6 Å². The molecule has 5 heteroatoms. The highest BCUT2D eigenvalue weighted by atomic mass is 127. The van der Waals surface area contributed by atoms with Crippen molar-refractivity contribution in [3.8, 4) is 0 Å². The molecule has 2 rings (SSSR count). The van der Waals surface area contributed by atoms with Gasteiger partial charge in [-0.05, 0) is 49.3 Å². The highest BCUT2D eigenvalue weighted by Gasteiger charge is 2.06. The molecule has 1 atom stereocenters. The fourth-order valence-electron chi connectivity index (χ4n) is 2.28. The van der Waals surface area contributed by atoms with Gasteiger partial charge >= 0.3 is 0 Å². The minimum Gasteiger partial charge on any atom is -0.354 e. The SMILES string of the molecule is CN=C(NCc1sccc1C)NC(C)CCc1ccccc1.I. The molecule has 0 spiro atoms. The Morgan fingerprint density at radius 2 is 1.96 bits per heavy atom. The molecule has 0 saturated carbocycles. The molecule has 3 nitrogen and oxygen atoms in total. The highest BCUT2D eigenvalue weighted by Crippen LogP contribution is 2.14. The van der Waals surface area contributed by atoms with Crippen LogP contribution in [0.2, 0.25) is 0 Å². The van der Waals surface area contributed by atoms with E-state index in [4.69, 9.17) is 0 Å². The average Bonchev–Trinajstić information content (AvgIpc) is 2.95. The van der Waals surface area contributed by atoms with E-state index in [9.17, 15) is 0 Å². The standard InChI is InChI=1S/C18H25N3S.HI/c1-14-11-12-22-17(14)13-20-18(19-3)21-15(2)9-10-16-7-5-4-6-8-16;/h4-8,11-12,15H,9-10,13H2,1-3H3,(H2,19,20,21);1H. The number of hydrogen-bond acceptors (Lipinski definition) is 2. The van der Waals surface area contributed by atoms with Gasteiger partial charge in [0.2, 0.25) is 0 Å². The predicted molar refractivity (Wildman–Crippen MR) is 112 cm³/mol. The van der Waals surface area contributed by atoms with Gasteiger partial charge in [0.15, 0.2) is 5.96 Å². The molecule has 2 aromatic rings. The molecule has 2 N–H and O–H groups in total. The van der Waals surface area contributed by atoms with Crippen LogP contribution in [0.4, 0.5) is 0 Å². The first-order chi connectivity index (χ1) is 10.7. The van der Waals surface area contributed by atoms with Crippen LogP contribution in [0.15, 0.2) is 46.8 Å². The summed E-state index contributed by atoms with van der Waals surface area (Å²) >= 11 is 1.78. The van der Waals surface area contributed by atoms with Crippen LogP contribution in [0.5, 0.6) is 0 Å². The van der Waals surface area contributed by atoms with Gasteiger partial charge < -0.3 is 10.6 Å². The zero-order chi connectivity index (χ0) is 15.8. The zero-order valence-electron chi connectivity index (χ0n) is 14.0. The predicted octanol–water partition coefficient (Wildman–Crippen LogP) is 4.36. The molecule has 0 amide bonds. The van der Waals surface area contributed by atoms with Crippen LogP contribution in [-0.2, 0) is 13.0 Å². The Morgan fingerprint density at radius 3 is 2.57 bits per heavy atom. The molecule has 23 heavy (non-hydrogen) atoms. The summed E-state index contributed by atoms with van der Waals surface area (Å²) in [5, 5.41) is 8.98. The van der Waals surface area contributed by atoms with E-state index in [1.165, 1.54) is 16.0 Å². The highest BCUT2D eigenvalue weighted by molar-refractivity contribution is 14.0. The van der Waals surface area contributed by atoms with Gasteiger partial charge in [0.25, 0.3) is 0 Å². The normalized spacial score (nSPS) is 12.4. The maximum Gasteiger partial charge on any atom is 0.191 e. The summed E-state index contributed by atoms with van der Waals surface area (Å²) in [5.74, 6) is 0.869. The van der Waals surface area contributed by atoms with Crippen LogP contribution in [-0.4, -0.2) is 19.0 Å². The van der Waals surface area contributed by atoms with Crippen molar-refractivity contribution in [1.82, 2.24) is 10.6 Å². The molecule has 1 unspecified atom stereocenters. The van der Waals surface area contributed by atoms with E-state index in [1.54, 1.807) is 11.3 Å². The maximum atomic E-state index is 4.31. The number of thiophene rings is 1. The van der Waals surface area contributed by atoms with Crippen molar-refractivity contribution < 1.29 is 0 Å². The summed E-state index contributed by atoms with van der Waals surface area (Å²) in [6.07, 6.45) is 2.17. The first-order valence-electron chi connectivity index (χ1n) is 7.73. The summed E-state index contributed by atoms with van der Waals surface area (Å²) in [6, 6.07) is 13.1. The van der Waals surface area contributed by atoms with Crippen molar-refractivity contribution in [3.63, 3.8) is 0 Å². The summed E-state index contributed by atoms with van der Waals surface area (Å²) in [4.78, 5) is 5.67. The lowest BCUT2D eigenvalue weighted by Crippen LogP contribution is -2.42. The minimum atomic E-state index is 0. The van der Waals surface area contributed by atoms with Gasteiger partial charge in [-0.1, -0.05) is 30.3 Å². The van der Waals surface area contributed by atoms with Gasteiger partial charge in [-0.25, -0.2) is 0 Å². The average molecular weight is 443 g/mol. The number of rotatable bonds is 6. The molecule has 0 aliphatic heterocycles. The Morgan fingerprint density at radius 1 is 1.22 bits per heavy atom. The number of halogens is 1. The summed E-state index contributed by atoms with van der Waals surface area (Å²) < 4.78 is 0. The second-order valence-corrected chi connectivity index (χ2v) is 6.52. The van der Waals surface area contributed by atoms with Crippen molar-refractivity contribution >= 4 is 41.3 Å². The molecule has 0 radical (unpaired) electrons. The Labute approximate surface area is 160 Å². The second kappa shape index (κ2) is 10.6. The van der Waals surface area contributed by atoms with E-state index < -0.39 is 0 Å². The van der Waals surface area contributed by atoms with Gasteiger partial charge in [-0.3, -0.25) is 4.99 Å². The Kier molecular flexibility index (Phi) is 9.24. The topological polar surface area (TPSA) is 36.4 Å². The third kappa shape index (κ3) is 6.91. The number of aryl methyl sites for hydroxylation is 2.